The Morgan fingerprint density at radius 3 is 1.67 bits per heavy atom. The number of rotatable bonds is 8. The second kappa shape index (κ2) is 7.01. The van der Waals surface area contributed by atoms with Gasteiger partial charge < -0.3 is 10.2 Å². The summed E-state index contributed by atoms with van der Waals surface area (Å²) in [5.74, 6) is -0.599. The van der Waals surface area contributed by atoms with E-state index in [1.165, 1.54) is 0 Å². The SMILES string of the molecule is C=C(O)CSOS(=O)(=O)OSCC(=C)O. The summed E-state index contributed by atoms with van der Waals surface area (Å²) >= 11 is 0.933. The van der Waals surface area contributed by atoms with Crippen LogP contribution < -0.4 is 0 Å². The van der Waals surface area contributed by atoms with Crippen LogP contribution in [0.4, 0.5) is 0 Å². The van der Waals surface area contributed by atoms with E-state index in [9.17, 15) is 8.42 Å². The molecule has 0 fully saturated rings. The molecule has 6 nitrogen and oxygen atoms in total. The van der Waals surface area contributed by atoms with Crippen molar-refractivity contribution in [2.75, 3.05) is 11.5 Å². The second-order valence-electron chi connectivity index (χ2n) is 2.20. The Hall–Kier alpha value is -0.350. The molecule has 0 aliphatic rings. The largest absolute Gasteiger partial charge is 0.512 e. The van der Waals surface area contributed by atoms with Crippen LogP contribution in [0.25, 0.3) is 0 Å². The van der Waals surface area contributed by atoms with Gasteiger partial charge in [-0.05, 0) is 0 Å². The van der Waals surface area contributed by atoms with Crippen molar-refractivity contribution in [3.8, 4) is 0 Å². The lowest BCUT2D eigenvalue weighted by molar-refractivity contribution is 0.413. The Labute approximate surface area is 96.7 Å². The summed E-state index contributed by atoms with van der Waals surface area (Å²) in [6, 6.07) is 0. The van der Waals surface area contributed by atoms with E-state index in [0.29, 0.717) is 24.1 Å². The summed E-state index contributed by atoms with van der Waals surface area (Å²) in [6.45, 7) is 6.26. The van der Waals surface area contributed by atoms with Gasteiger partial charge in [0.15, 0.2) is 0 Å². The normalized spacial score (nSPS) is 11.2. The van der Waals surface area contributed by atoms with Crippen LogP contribution in [-0.4, -0.2) is 30.1 Å². The predicted octanol–water partition coefficient (Wildman–Crippen LogP) is 1.70. The zero-order valence-corrected chi connectivity index (χ0v) is 10.0. The highest BCUT2D eigenvalue weighted by Gasteiger charge is 2.14. The summed E-state index contributed by atoms with van der Waals surface area (Å²) in [4.78, 5) is 0. The van der Waals surface area contributed by atoms with Crippen LogP contribution in [0.1, 0.15) is 0 Å². The molecule has 15 heavy (non-hydrogen) atoms. The fraction of sp³-hybridized carbons (Fsp3) is 0.333. The van der Waals surface area contributed by atoms with Gasteiger partial charge in [0.2, 0.25) is 0 Å². The van der Waals surface area contributed by atoms with Gasteiger partial charge in [-0.15, -0.1) is 0 Å². The second-order valence-corrected chi connectivity index (χ2v) is 5.16. The third-order valence-electron chi connectivity index (χ3n) is 0.714. The molecule has 0 amide bonds. The fourth-order valence-corrected chi connectivity index (χ4v) is 2.21. The van der Waals surface area contributed by atoms with E-state index < -0.39 is 10.4 Å². The zero-order valence-electron chi connectivity index (χ0n) is 7.58. The smallest absolute Gasteiger partial charge is 0.421 e. The maximum atomic E-state index is 10.9. The first-order valence-electron chi connectivity index (χ1n) is 3.44. The summed E-state index contributed by atoms with van der Waals surface area (Å²) in [6.07, 6.45) is 0. The van der Waals surface area contributed by atoms with E-state index in [-0.39, 0.29) is 23.0 Å². The molecule has 0 heterocycles. The maximum Gasteiger partial charge on any atom is 0.421 e. The van der Waals surface area contributed by atoms with E-state index in [1.807, 2.05) is 0 Å². The Morgan fingerprint density at radius 2 is 1.40 bits per heavy atom. The van der Waals surface area contributed by atoms with Crippen LogP contribution in [0.3, 0.4) is 0 Å². The van der Waals surface area contributed by atoms with Crippen molar-refractivity contribution in [2.24, 2.45) is 0 Å². The molecular formula is C6H10O6S3. The van der Waals surface area contributed by atoms with E-state index in [4.69, 9.17) is 10.2 Å². The zero-order chi connectivity index (χ0) is 11.9. The average molecular weight is 274 g/mol. The standard InChI is InChI=1S/C6H10O6S3/c1-5(7)3-13-11-15(9,10)12-14-4-6(2)8/h7-8H,1-4H2. The Balaban J connectivity index is 3.77. The van der Waals surface area contributed by atoms with Crippen molar-refractivity contribution in [2.45, 2.75) is 0 Å². The first-order valence-corrected chi connectivity index (χ1v) is 6.59. The number of aliphatic hydroxyl groups excluding tert-OH is 2. The highest BCUT2D eigenvalue weighted by atomic mass is 32.3. The number of aliphatic hydroxyl groups is 2. The van der Waals surface area contributed by atoms with Gasteiger partial charge in [0.05, 0.1) is 23.0 Å². The molecule has 0 aromatic heterocycles. The summed E-state index contributed by atoms with van der Waals surface area (Å²) in [5.41, 5.74) is 0. The molecule has 0 atom stereocenters. The molecule has 88 valence electrons. The minimum Gasteiger partial charge on any atom is -0.512 e. The summed E-state index contributed by atoms with van der Waals surface area (Å²) < 4.78 is 30.2. The van der Waals surface area contributed by atoms with Gasteiger partial charge in [0, 0.05) is 24.1 Å². The van der Waals surface area contributed by atoms with Gasteiger partial charge in [-0.2, -0.15) is 15.7 Å². The molecule has 0 saturated carbocycles. The molecule has 0 radical (unpaired) electrons. The highest BCUT2D eigenvalue weighted by Crippen LogP contribution is 2.17. The third-order valence-corrected chi connectivity index (χ3v) is 3.72. The Morgan fingerprint density at radius 1 is 1.07 bits per heavy atom. The molecule has 2 N–H and O–H groups in total. The van der Waals surface area contributed by atoms with Crippen molar-refractivity contribution >= 4 is 34.5 Å². The molecule has 0 spiro atoms. The molecule has 0 aromatic carbocycles. The fourth-order valence-electron chi connectivity index (χ4n) is 0.313. The molecule has 0 aliphatic heterocycles. The van der Waals surface area contributed by atoms with Crippen molar-refractivity contribution < 1.29 is 25.9 Å². The lowest BCUT2D eigenvalue weighted by atomic mass is 10.7. The Bertz CT molecular complexity index is 296. The van der Waals surface area contributed by atoms with Crippen LogP contribution in [0.15, 0.2) is 24.7 Å². The van der Waals surface area contributed by atoms with Crippen molar-refractivity contribution in [3.63, 3.8) is 0 Å². The first kappa shape index (κ1) is 14.6. The molecule has 0 rings (SSSR count). The Kier molecular flexibility index (Phi) is 6.85. The van der Waals surface area contributed by atoms with Crippen molar-refractivity contribution in [1.82, 2.24) is 0 Å². The lowest BCUT2D eigenvalue weighted by Gasteiger charge is -2.02. The van der Waals surface area contributed by atoms with Gasteiger partial charge >= 0.3 is 10.4 Å². The van der Waals surface area contributed by atoms with Crippen molar-refractivity contribution in [3.05, 3.63) is 24.7 Å². The lowest BCUT2D eigenvalue weighted by Crippen LogP contribution is -2.03. The minimum atomic E-state index is -4.15. The van der Waals surface area contributed by atoms with E-state index >= 15 is 0 Å². The van der Waals surface area contributed by atoms with Crippen LogP contribution >= 0.6 is 24.1 Å². The third kappa shape index (κ3) is 9.94. The van der Waals surface area contributed by atoms with Crippen LogP contribution in [0, 0.1) is 0 Å². The predicted molar refractivity (Wildman–Crippen MR) is 59.5 cm³/mol. The van der Waals surface area contributed by atoms with Gasteiger partial charge in [-0.25, -0.2) is 0 Å². The monoisotopic (exact) mass is 274 g/mol. The maximum absolute atomic E-state index is 10.9. The first-order chi connectivity index (χ1) is 6.83. The number of hydrogen-bond acceptors (Lipinski definition) is 8. The number of hydrogen-bond donors (Lipinski definition) is 2. The van der Waals surface area contributed by atoms with E-state index in [1.54, 1.807) is 0 Å². The average Bonchev–Trinajstić information content (AvgIpc) is 2.01. The molecule has 0 saturated heterocycles. The summed E-state index contributed by atoms with van der Waals surface area (Å²) in [5, 5.41) is 17.2. The van der Waals surface area contributed by atoms with Crippen LogP contribution in [0.5, 0.6) is 0 Å². The van der Waals surface area contributed by atoms with Gasteiger partial charge in [0.1, 0.15) is 0 Å². The summed E-state index contributed by atoms with van der Waals surface area (Å²) in [7, 11) is -4.15. The van der Waals surface area contributed by atoms with Crippen LogP contribution in [-0.2, 0) is 17.7 Å². The quantitative estimate of drug-likeness (QED) is 0.510. The van der Waals surface area contributed by atoms with Crippen LogP contribution in [0.2, 0.25) is 0 Å². The highest BCUT2D eigenvalue weighted by molar-refractivity contribution is 8.08. The van der Waals surface area contributed by atoms with E-state index in [2.05, 4.69) is 20.4 Å². The van der Waals surface area contributed by atoms with Gasteiger partial charge in [0.25, 0.3) is 0 Å². The van der Waals surface area contributed by atoms with Gasteiger partial charge in [-0.3, -0.25) is 0 Å². The van der Waals surface area contributed by atoms with Gasteiger partial charge in [-0.1, -0.05) is 13.2 Å². The molecule has 9 heteroatoms. The molecule has 0 aliphatic carbocycles. The molecule has 0 unspecified atom stereocenters. The molecule has 0 aromatic rings. The van der Waals surface area contributed by atoms with E-state index in [0.717, 1.165) is 0 Å². The topological polar surface area (TPSA) is 93.1 Å². The molecule has 0 bridgehead atoms. The molecular weight excluding hydrogens is 264 g/mol. The van der Waals surface area contributed by atoms with Crippen molar-refractivity contribution in [1.29, 1.82) is 0 Å². The minimum absolute atomic E-state index is 0.0834.